The number of nitrogens with zero attached hydrogens (tertiary/aromatic N) is 3. The van der Waals surface area contributed by atoms with Crippen LogP contribution in [0.5, 0.6) is 0 Å². The van der Waals surface area contributed by atoms with Crippen LogP contribution in [0, 0.1) is 5.92 Å². The molecule has 146 valence electrons. The molecule has 1 aliphatic rings. The number of hydrogen-bond donors (Lipinski definition) is 2. The summed E-state index contributed by atoms with van der Waals surface area (Å²) in [5, 5.41) is 7.62. The van der Waals surface area contributed by atoms with Crippen molar-refractivity contribution in [1.82, 2.24) is 20.5 Å². The van der Waals surface area contributed by atoms with Crippen LogP contribution in [0.3, 0.4) is 0 Å². The number of rotatable bonds is 5. The van der Waals surface area contributed by atoms with Crippen molar-refractivity contribution in [3.05, 3.63) is 16.1 Å². The van der Waals surface area contributed by atoms with Crippen molar-refractivity contribution < 1.29 is 18.0 Å². The maximum Gasteiger partial charge on any atom is 0.434 e. The van der Waals surface area contributed by atoms with Gasteiger partial charge in [-0.3, -0.25) is 4.79 Å². The Bertz CT molecular complexity index is 644. The lowest BCUT2D eigenvalue weighted by Crippen LogP contribution is -2.45. The standard InChI is InChI=1S/C16H24F3N5OS/c1-4-20-15(21-7-13-23-12(9-26-13)16(17,18)19)22-11-5-6-24(8-11)14(25)10(2)3/h9-11H,4-8H2,1-3H3,(H2,20,21,22). The molecule has 2 N–H and O–H groups in total. The van der Waals surface area contributed by atoms with E-state index in [1.807, 2.05) is 25.7 Å². The van der Waals surface area contributed by atoms with Crippen LogP contribution in [0.4, 0.5) is 13.2 Å². The summed E-state index contributed by atoms with van der Waals surface area (Å²) in [7, 11) is 0. The number of amides is 1. The van der Waals surface area contributed by atoms with Crippen LogP contribution in [-0.4, -0.2) is 47.4 Å². The monoisotopic (exact) mass is 391 g/mol. The fourth-order valence-electron chi connectivity index (χ4n) is 2.62. The predicted molar refractivity (Wildman–Crippen MR) is 94.9 cm³/mol. The number of halogens is 3. The van der Waals surface area contributed by atoms with Gasteiger partial charge >= 0.3 is 6.18 Å². The van der Waals surface area contributed by atoms with Gasteiger partial charge in [0.2, 0.25) is 5.91 Å². The normalized spacial score (nSPS) is 18.5. The Hall–Kier alpha value is -1.84. The Balaban J connectivity index is 1.95. The number of aliphatic imine (C=N–C) groups is 1. The highest BCUT2D eigenvalue weighted by molar-refractivity contribution is 7.09. The molecule has 1 atom stereocenters. The van der Waals surface area contributed by atoms with Crippen LogP contribution in [0.15, 0.2) is 10.4 Å². The van der Waals surface area contributed by atoms with Crippen molar-refractivity contribution in [2.45, 2.75) is 46.0 Å². The van der Waals surface area contributed by atoms with Gasteiger partial charge in [-0.2, -0.15) is 13.2 Å². The number of hydrogen-bond acceptors (Lipinski definition) is 4. The lowest BCUT2D eigenvalue weighted by molar-refractivity contribution is -0.140. The van der Waals surface area contributed by atoms with Gasteiger partial charge < -0.3 is 15.5 Å². The zero-order chi connectivity index (χ0) is 19.3. The van der Waals surface area contributed by atoms with Crippen molar-refractivity contribution in [2.24, 2.45) is 10.9 Å². The van der Waals surface area contributed by atoms with Gasteiger partial charge in [0.05, 0.1) is 6.54 Å². The van der Waals surface area contributed by atoms with Gasteiger partial charge in [0.25, 0.3) is 0 Å². The average molecular weight is 391 g/mol. The number of thiazole rings is 1. The second kappa shape index (κ2) is 8.70. The summed E-state index contributed by atoms with van der Waals surface area (Å²) in [4.78, 5) is 21.8. The molecule has 1 fully saturated rings. The molecule has 1 aliphatic heterocycles. The van der Waals surface area contributed by atoms with Gasteiger partial charge in [-0.15, -0.1) is 11.3 Å². The van der Waals surface area contributed by atoms with Crippen molar-refractivity contribution in [3.8, 4) is 0 Å². The first kappa shape index (κ1) is 20.5. The Labute approximate surface area is 154 Å². The molecule has 2 rings (SSSR count). The third kappa shape index (κ3) is 5.58. The number of nitrogens with one attached hydrogen (secondary N) is 2. The third-order valence-corrected chi connectivity index (χ3v) is 4.73. The van der Waals surface area contributed by atoms with Crippen molar-refractivity contribution in [2.75, 3.05) is 19.6 Å². The fraction of sp³-hybridized carbons (Fsp3) is 0.688. The minimum Gasteiger partial charge on any atom is -0.357 e. The average Bonchev–Trinajstić information content (AvgIpc) is 3.21. The van der Waals surface area contributed by atoms with E-state index in [0.717, 1.165) is 23.1 Å². The van der Waals surface area contributed by atoms with Gasteiger partial charge in [0.15, 0.2) is 11.7 Å². The van der Waals surface area contributed by atoms with Crippen LogP contribution in [0.25, 0.3) is 0 Å². The zero-order valence-corrected chi connectivity index (χ0v) is 15.9. The molecule has 1 saturated heterocycles. The largest absolute Gasteiger partial charge is 0.434 e. The summed E-state index contributed by atoms with van der Waals surface area (Å²) in [6.45, 7) is 7.63. The van der Waals surface area contributed by atoms with E-state index in [1.165, 1.54) is 0 Å². The summed E-state index contributed by atoms with van der Waals surface area (Å²) in [5.74, 6) is 0.599. The first-order chi connectivity index (χ1) is 12.2. The van der Waals surface area contributed by atoms with Gasteiger partial charge in [-0.25, -0.2) is 9.98 Å². The predicted octanol–water partition coefficient (Wildman–Crippen LogP) is 2.47. The maximum atomic E-state index is 12.6. The van der Waals surface area contributed by atoms with Gasteiger partial charge in [-0.05, 0) is 13.3 Å². The number of carbonyl (C=O) groups is 1. The van der Waals surface area contributed by atoms with Gasteiger partial charge in [0, 0.05) is 37.0 Å². The first-order valence-electron chi connectivity index (χ1n) is 8.56. The highest BCUT2D eigenvalue weighted by Crippen LogP contribution is 2.30. The molecule has 1 unspecified atom stereocenters. The topological polar surface area (TPSA) is 69.6 Å². The van der Waals surface area contributed by atoms with Gasteiger partial charge in [-0.1, -0.05) is 13.8 Å². The molecule has 1 amide bonds. The Morgan fingerprint density at radius 2 is 2.23 bits per heavy atom. The van der Waals surface area contributed by atoms with Crippen LogP contribution in [0.2, 0.25) is 0 Å². The number of aromatic nitrogens is 1. The molecular weight excluding hydrogens is 367 g/mol. The number of carbonyl (C=O) groups excluding carboxylic acids is 1. The summed E-state index contributed by atoms with van der Waals surface area (Å²) in [6, 6.07) is 0.0672. The van der Waals surface area contributed by atoms with E-state index in [1.54, 1.807) is 0 Å². The molecule has 0 saturated carbocycles. The van der Waals surface area contributed by atoms with Crippen molar-refractivity contribution in [1.29, 1.82) is 0 Å². The zero-order valence-electron chi connectivity index (χ0n) is 15.1. The SMILES string of the molecule is CCNC(=NCc1nc(C(F)(F)F)cs1)NC1CCN(C(=O)C(C)C)C1. The third-order valence-electron chi connectivity index (χ3n) is 3.89. The number of guanidine groups is 1. The highest BCUT2D eigenvalue weighted by atomic mass is 32.1. The summed E-state index contributed by atoms with van der Waals surface area (Å²) in [5.41, 5.74) is -0.885. The van der Waals surface area contributed by atoms with Crippen molar-refractivity contribution >= 4 is 23.2 Å². The molecule has 0 radical (unpaired) electrons. The Morgan fingerprint density at radius 1 is 1.50 bits per heavy atom. The van der Waals surface area contributed by atoms with E-state index >= 15 is 0 Å². The molecule has 10 heteroatoms. The second-order valence-corrected chi connectivity index (χ2v) is 7.33. The van der Waals surface area contributed by atoms with Crippen LogP contribution in [-0.2, 0) is 17.5 Å². The minimum atomic E-state index is -4.43. The first-order valence-corrected chi connectivity index (χ1v) is 9.44. The van der Waals surface area contributed by atoms with Crippen LogP contribution < -0.4 is 10.6 Å². The molecule has 26 heavy (non-hydrogen) atoms. The molecule has 1 aromatic rings. The minimum absolute atomic E-state index is 0.0385. The Morgan fingerprint density at radius 3 is 2.81 bits per heavy atom. The van der Waals surface area contributed by atoms with Crippen molar-refractivity contribution in [3.63, 3.8) is 0 Å². The van der Waals surface area contributed by atoms with E-state index in [9.17, 15) is 18.0 Å². The molecule has 2 heterocycles. The number of alkyl halides is 3. The van der Waals surface area contributed by atoms with E-state index in [0.29, 0.717) is 30.6 Å². The van der Waals surface area contributed by atoms with E-state index in [-0.39, 0.29) is 24.4 Å². The lowest BCUT2D eigenvalue weighted by atomic mass is 10.2. The summed E-state index contributed by atoms with van der Waals surface area (Å²) < 4.78 is 37.8. The molecule has 0 bridgehead atoms. The molecular formula is C16H24F3N5OS. The number of likely N-dealkylation sites (tertiary alicyclic amines) is 1. The smallest absolute Gasteiger partial charge is 0.357 e. The molecule has 0 spiro atoms. The molecule has 0 aliphatic carbocycles. The van der Waals surface area contributed by atoms with E-state index in [4.69, 9.17) is 0 Å². The quantitative estimate of drug-likeness (QED) is 0.598. The molecule has 1 aromatic heterocycles. The summed E-state index contributed by atoms with van der Waals surface area (Å²) in [6.07, 6.45) is -3.63. The van der Waals surface area contributed by atoms with Crippen LogP contribution >= 0.6 is 11.3 Å². The summed E-state index contributed by atoms with van der Waals surface area (Å²) >= 11 is 0.940. The van der Waals surface area contributed by atoms with Crippen LogP contribution in [0.1, 0.15) is 37.9 Å². The maximum absolute atomic E-state index is 12.6. The van der Waals surface area contributed by atoms with E-state index in [2.05, 4.69) is 20.6 Å². The highest BCUT2D eigenvalue weighted by Gasteiger charge is 2.33. The molecule has 0 aromatic carbocycles. The molecule has 6 nitrogen and oxygen atoms in total. The van der Waals surface area contributed by atoms with Gasteiger partial charge in [0.1, 0.15) is 5.01 Å². The lowest BCUT2D eigenvalue weighted by Gasteiger charge is -2.20. The Kier molecular flexibility index (Phi) is 6.85. The van der Waals surface area contributed by atoms with E-state index < -0.39 is 11.9 Å². The second-order valence-electron chi connectivity index (χ2n) is 6.39. The fourth-order valence-corrected chi connectivity index (χ4v) is 3.34.